The molecule has 2 rings (SSSR count). The fraction of sp³-hybridized carbons (Fsp3) is 0.273. The van der Waals surface area contributed by atoms with E-state index in [2.05, 4.69) is 0 Å². The van der Waals surface area contributed by atoms with Crippen LogP contribution < -0.4 is 11.4 Å². The summed E-state index contributed by atoms with van der Waals surface area (Å²) in [6.07, 6.45) is 0. The zero-order chi connectivity index (χ0) is 12.7. The second-order valence-corrected chi connectivity index (χ2v) is 4.49. The molecule has 2 aromatic rings. The first-order chi connectivity index (χ1) is 7.93. The zero-order valence-electron chi connectivity index (χ0n) is 9.48. The maximum absolute atomic E-state index is 12.1. The van der Waals surface area contributed by atoms with Gasteiger partial charge in [-0.25, -0.2) is 14.2 Å². The molecule has 2 N–H and O–H groups in total. The van der Waals surface area contributed by atoms with Crippen molar-refractivity contribution >= 4 is 28.7 Å². The van der Waals surface area contributed by atoms with Crippen LogP contribution in [0.2, 0.25) is 5.02 Å². The molecule has 0 saturated heterocycles. The number of benzene rings is 1. The molecule has 90 valence electrons. The van der Waals surface area contributed by atoms with E-state index in [1.165, 1.54) is 4.57 Å². The van der Waals surface area contributed by atoms with Crippen LogP contribution in [0.5, 0.6) is 0 Å². The van der Waals surface area contributed by atoms with Gasteiger partial charge in [0.25, 0.3) is 0 Å². The van der Waals surface area contributed by atoms with E-state index in [0.717, 1.165) is 4.57 Å². The fourth-order valence-electron chi connectivity index (χ4n) is 1.91. The number of primary amides is 1. The van der Waals surface area contributed by atoms with Crippen LogP contribution in [0.25, 0.3) is 11.0 Å². The number of hydrogen-bond donors (Lipinski definition) is 1. The maximum Gasteiger partial charge on any atom is 0.337 e. The number of halogens is 1. The molecule has 1 aromatic heterocycles. The van der Waals surface area contributed by atoms with Gasteiger partial charge in [-0.05, 0) is 32.0 Å². The molecule has 0 aliphatic heterocycles. The van der Waals surface area contributed by atoms with Gasteiger partial charge < -0.3 is 5.73 Å². The van der Waals surface area contributed by atoms with Crippen molar-refractivity contribution in [2.45, 2.75) is 19.9 Å². The average Bonchev–Trinajstić information content (AvgIpc) is 2.48. The molecule has 0 atom stereocenters. The average molecular weight is 254 g/mol. The lowest BCUT2D eigenvalue weighted by atomic mass is 10.3. The van der Waals surface area contributed by atoms with E-state index in [0.29, 0.717) is 16.1 Å². The van der Waals surface area contributed by atoms with Gasteiger partial charge in [0.15, 0.2) is 0 Å². The summed E-state index contributed by atoms with van der Waals surface area (Å²) in [7, 11) is 0. The predicted molar refractivity (Wildman–Crippen MR) is 66.6 cm³/mol. The number of amides is 1. The molecule has 0 saturated carbocycles. The Morgan fingerprint density at radius 1 is 1.35 bits per heavy atom. The van der Waals surface area contributed by atoms with Crippen LogP contribution in [0.15, 0.2) is 23.0 Å². The lowest BCUT2D eigenvalue weighted by Crippen LogP contribution is -2.33. The third-order valence-corrected chi connectivity index (χ3v) is 2.81. The van der Waals surface area contributed by atoms with Crippen molar-refractivity contribution in [2.75, 3.05) is 0 Å². The molecule has 0 aliphatic rings. The molecule has 17 heavy (non-hydrogen) atoms. The number of carbonyl (C=O) groups excluding carboxylic acids is 1. The molecule has 5 nitrogen and oxygen atoms in total. The minimum atomic E-state index is -0.804. The molecule has 0 aliphatic carbocycles. The molecule has 0 fully saturated rings. The summed E-state index contributed by atoms with van der Waals surface area (Å²) in [6.45, 7) is 3.72. The Morgan fingerprint density at radius 2 is 2.00 bits per heavy atom. The first-order valence-electron chi connectivity index (χ1n) is 5.15. The Hall–Kier alpha value is -1.75. The van der Waals surface area contributed by atoms with E-state index in [1.807, 2.05) is 13.8 Å². The number of rotatable bonds is 1. The number of aromatic nitrogens is 2. The molecular weight excluding hydrogens is 242 g/mol. The highest BCUT2D eigenvalue weighted by Gasteiger charge is 2.18. The van der Waals surface area contributed by atoms with Gasteiger partial charge in [-0.3, -0.25) is 4.57 Å². The van der Waals surface area contributed by atoms with E-state index in [9.17, 15) is 9.59 Å². The fourth-order valence-corrected chi connectivity index (χ4v) is 2.07. The minimum Gasteiger partial charge on any atom is -0.351 e. The minimum absolute atomic E-state index is 0.0632. The van der Waals surface area contributed by atoms with Crippen LogP contribution in [-0.2, 0) is 0 Å². The first-order valence-corrected chi connectivity index (χ1v) is 5.53. The van der Waals surface area contributed by atoms with Crippen LogP contribution in [0.1, 0.15) is 19.9 Å². The van der Waals surface area contributed by atoms with E-state index >= 15 is 0 Å². The SMILES string of the molecule is CC(C)n1c(=O)n(C(N)=O)c2cc(Cl)ccc21. The van der Waals surface area contributed by atoms with Crippen LogP contribution in [0.4, 0.5) is 4.79 Å². The highest BCUT2D eigenvalue weighted by molar-refractivity contribution is 6.31. The summed E-state index contributed by atoms with van der Waals surface area (Å²) in [5, 5.41) is 0.452. The number of hydrogen-bond acceptors (Lipinski definition) is 2. The molecular formula is C11H12ClN3O2. The second-order valence-electron chi connectivity index (χ2n) is 4.05. The van der Waals surface area contributed by atoms with Crippen molar-refractivity contribution in [2.24, 2.45) is 5.73 Å². The van der Waals surface area contributed by atoms with Gasteiger partial charge in [0.1, 0.15) is 0 Å². The van der Waals surface area contributed by atoms with Gasteiger partial charge in [-0.2, -0.15) is 0 Å². The third-order valence-electron chi connectivity index (χ3n) is 2.57. The van der Waals surface area contributed by atoms with Crippen molar-refractivity contribution in [1.29, 1.82) is 0 Å². The Bertz CT molecular complexity index is 655. The number of nitrogens with zero attached hydrogens (tertiary/aromatic N) is 2. The van der Waals surface area contributed by atoms with Crippen LogP contribution >= 0.6 is 11.6 Å². The molecule has 1 heterocycles. The molecule has 1 aromatic carbocycles. The Kier molecular flexibility index (Phi) is 2.71. The monoisotopic (exact) mass is 253 g/mol. The predicted octanol–water partition coefficient (Wildman–Crippen LogP) is 1.96. The second kappa shape index (κ2) is 3.92. The highest BCUT2D eigenvalue weighted by Crippen LogP contribution is 2.20. The van der Waals surface area contributed by atoms with Crippen molar-refractivity contribution < 1.29 is 4.79 Å². The van der Waals surface area contributed by atoms with Crippen LogP contribution in [0, 0.1) is 0 Å². The van der Waals surface area contributed by atoms with Crippen LogP contribution in [-0.4, -0.2) is 15.2 Å². The summed E-state index contributed by atoms with van der Waals surface area (Å²) >= 11 is 5.86. The van der Waals surface area contributed by atoms with Crippen molar-refractivity contribution in [3.05, 3.63) is 33.7 Å². The number of imidazole rings is 1. The zero-order valence-corrected chi connectivity index (χ0v) is 10.2. The Labute approximate surface area is 102 Å². The lowest BCUT2D eigenvalue weighted by molar-refractivity contribution is 0.250. The molecule has 0 spiro atoms. The summed E-state index contributed by atoms with van der Waals surface area (Å²) in [4.78, 5) is 23.4. The van der Waals surface area contributed by atoms with Gasteiger partial charge in [0, 0.05) is 11.1 Å². The van der Waals surface area contributed by atoms with Crippen molar-refractivity contribution in [3.63, 3.8) is 0 Å². The Morgan fingerprint density at radius 3 is 2.53 bits per heavy atom. The maximum atomic E-state index is 12.1. The largest absolute Gasteiger partial charge is 0.351 e. The van der Waals surface area contributed by atoms with Gasteiger partial charge in [0.05, 0.1) is 11.0 Å². The molecule has 0 bridgehead atoms. The van der Waals surface area contributed by atoms with Gasteiger partial charge in [-0.15, -0.1) is 0 Å². The highest BCUT2D eigenvalue weighted by atomic mass is 35.5. The van der Waals surface area contributed by atoms with Crippen molar-refractivity contribution in [1.82, 2.24) is 9.13 Å². The lowest BCUT2D eigenvalue weighted by Gasteiger charge is -2.05. The van der Waals surface area contributed by atoms with E-state index < -0.39 is 11.7 Å². The molecule has 6 heteroatoms. The summed E-state index contributed by atoms with van der Waals surface area (Å²) < 4.78 is 2.44. The normalized spacial score (nSPS) is 11.3. The quantitative estimate of drug-likeness (QED) is 0.844. The van der Waals surface area contributed by atoms with Gasteiger partial charge in [-0.1, -0.05) is 11.6 Å². The Balaban J connectivity index is 2.99. The molecule has 0 radical (unpaired) electrons. The number of nitrogens with two attached hydrogens (primary N) is 1. The van der Waals surface area contributed by atoms with Crippen LogP contribution in [0.3, 0.4) is 0 Å². The summed E-state index contributed by atoms with van der Waals surface area (Å²) in [5.74, 6) is 0. The standard InChI is InChI=1S/C11H12ClN3O2/c1-6(2)14-8-4-3-7(12)5-9(8)15(10(13)16)11(14)17/h3-6H,1-2H3,(H2,13,16). The smallest absolute Gasteiger partial charge is 0.337 e. The third kappa shape index (κ3) is 1.72. The summed E-state index contributed by atoms with van der Waals surface area (Å²) in [6, 6.07) is 4.07. The summed E-state index contributed by atoms with van der Waals surface area (Å²) in [5.41, 5.74) is 5.85. The number of fused-ring (bicyclic) bond motifs is 1. The van der Waals surface area contributed by atoms with E-state index in [4.69, 9.17) is 17.3 Å². The number of carbonyl (C=O) groups is 1. The molecule has 1 amide bonds. The van der Waals surface area contributed by atoms with Gasteiger partial charge >= 0.3 is 11.7 Å². The topological polar surface area (TPSA) is 70.0 Å². The van der Waals surface area contributed by atoms with E-state index in [-0.39, 0.29) is 6.04 Å². The van der Waals surface area contributed by atoms with Gasteiger partial charge in [0.2, 0.25) is 0 Å². The van der Waals surface area contributed by atoms with Crippen molar-refractivity contribution in [3.8, 4) is 0 Å². The molecule has 0 unspecified atom stereocenters. The first kappa shape index (κ1) is 11.7. The van der Waals surface area contributed by atoms with E-state index in [1.54, 1.807) is 18.2 Å².